The van der Waals surface area contributed by atoms with Crippen molar-refractivity contribution in [3.63, 3.8) is 0 Å². The van der Waals surface area contributed by atoms with E-state index >= 15 is 0 Å². The second-order valence-corrected chi connectivity index (χ2v) is 2.56. The van der Waals surface area contributed by atoms with E-state index in [1.807, 2.05) is 0 Å². The van der Waals surface area contributed by atoms with Gasteiger partial charge in [0, 0.05) is 6.04 Å². The van der Waals surface area contributed by atoms with E-state index in [-0.39, 0.29) is 5.92 Å². The molecule has 10 heavy (non-hydrogen) atoms. The average molecular weight is 149 g/mol. The van der Waals surface area contributed by atoms with E-state index in [1.54, 1.807) is 13.8 Å². The molecule has 0 aromatic rings. The van der Waals surface area contributed by atoms with Gasteiger partial charge in [-0.3, -0.25) is 0 Å². The van der Waals surface area contributed by atoms with Crippen LogP contribution in [0.3, 0.4) is 0 Å². The van der Waals surface area contributed by atoms with Gasteiger partial charge in [-0.2, -0.15) is 0 Å². The molecular formula is C6H12FNO2. The van der Waals surface area contributed by atoms with Crippen LogP contribution in [0.25, 0.3) is 0 Å². The van der Waals surface area contributed by atoms with Crippen molar-refractivity contribution in [2.45, 2.75) is 26.1 Å². The number of alkyl halides is 1. The van der Waals surface area contributed by atoms with Crippen LogP contribution >= 0.6 is 0 Å². The first-order valence-electron chi connectivity index (χ1n) is 3.09. The lowest BCUT2D eigenvalue weighted by Gasteiger charge is -2.16. The topological polar surface area (TPSA) is 63.3 Å². The summed E-state index contributed by atoms with van der Waals surface area (Å²) in [6.07, 6.45) is -1.94. The highest BCUT2D eigenvalue weighted by atomic mass is 19.1. The van der Waals surface area contributed by atoms with Crippen LogP contribution in [0.2, 0.25) is 0 Å². The van der Waals surface area contributed by atoms with E-state index < -0.39 is 18.2 Å². The molecule has 60 valence electrons. The van der Waals surface area contributed by atoms with Gasteiger partial charge in [-0.15, -0.1) is 0 Å². The van der Waals surface area contributed by atoms with Crippen molar-refractivity contribution in [1.29, 1.82) is 0 Å². The molecule has 0 aromatic heterocycles. The largest absolute Gasteiger partial charge is 0.479 e. The smallest absolute Gasteiger partial charge is 0.339 e. The molecule has 0 aliphatic carbocycles. The van der Waals surface area contributed by atoms with Crippen molar-refractivity contribution in [2.75, 3.05) is 0 Å². The first-order chi connectivity index (χ1) is 4.46. The molecule has 0 bridgehead atoms. The first-order valence-corrected chi connectivity index (χ1v) is 3.09. The molecule has 2 unspecified atom stereocenters. The summed E-state index contributed by atoms with van der Waals surface area (Å²) in [5.41, 5.74) is 5.21. The van der Waals surface area contributed by atoms with E-state index in [2.05, 4.69) is 0 Å². The lowest BCUT2D eigenvalue weighted by molar-refractivity contribution is -0.144. The van der Waals surface area contributed by atoms with E-state index in [0.29, 0.717) is 0 Å². The Balaban J connectivity index is 3.94. The van der Waals surface area contributed by atoms with Gasteiger partial charge in [0.2, 0.25) is 6.17 Å². The van der Waals surface area contributed by atoms with E-state index in [1.165, 1.54) is 0 Å². The minimum Gasteiger partial charge on any atom is -0.479 e. The number of carboxylic acid groups (broad SMARTS) is 1. The maximum Gasteiger partial charge on any atom is 0.339 e. The fraction of sp³-hybridized carbons (Fsp3) is 0.833. The minimum absolute atomic E-state index is 0.147. The highest BCUT2D eigenvalue weighted by molar-refractivity contribution is 5.73. The molecule has 0 saturated heterocycles. The van der Waals surface area contributed by atoms with Crippen LogP contribution in [-0.2, 0) is 4.79 Å². The number of hydrogen-bond acceptors (Lipinski definition) is 2. The van der Waals surface area contributed by atoms with E-state index in [4.69, 9.17) is 10.8 Å². The Hall–Kier alpha value is -0.640. The maximum absolute atomic E-state index is 12.4. The van der Waals surface area contributed by atoms with Crippen LogP contribution in [0.15, 0.2) is 0 Å². The summed E-state index contributed by atoms with van der Waals surface area (Å²) in [4.78, 5) is 9.99. The van der Waals surface area contributed by atoms with Gasteiger partial charge in [-0.1, -0.05) is 13.8 Å². The molecule has 0 aliphatic heterocycles. The number of carbonyl (C=O) groups is 1. The SMILES string of the molecule is CC(C)C(N)C(F)C(=O)O. The summed E-state index contributed by atoms with van der Waals surface area (Å²) in [7, 11) is 0. The normalized spacial score (nSPS) is 16.9. The molecule has 4 heteroatoms. The van der Waals surface area contributed by atoms with Gasteiger partial charge in [0.1, 0.15) is 0 Å². The van der Waals surface area contributed by atoms with E-state index in [9.17, 15) is 9.18 Å². The summed E-state index contributed by atoms with van der Waals surface area (Å²) >= 11 is 0. The van der Waals surface area contributed by atoms with Gasteiger partial charge >= 0.3 is 5.97 Å². The Labute approximate surface area is 59.0 Å². The van der Waals surface area contributed by atoms with Crippen LogP contribution < -0.4 is 5.73 Å². The molecule has 0 aromatic carbocycles. The molecule has 0 amide bonds. The second kappa shape index (κ2) is 3.51. The molecule has 0 fully saturated rings. The Kier molecular flexibility index (Phi) is 3.28. The second-order valence-electron chi connectivity index (χ2n) is 2.56. The predicted molar refractivity (Wildman–Crippen MR) is 35.3 cm³/mol. The lowest BCUT2D eigenvalue weighted by atomic mass is 10.0. The summed E-state index contributed by atoms with van der Waals surface area (Å²) in [6.45, 7) is 3.36. The van der Waals surface area contributed by atoms with Crippen LogP contribution in [0.1, 0.15) is 13.8 Å². The Morgan fingerprint density at radius 1 is 1.60 bits per heavy atom. The molecule has 0 saturated carbocycles. The van der Waals surface area contributed by atoms with Crippen LogP contribution in [0.5, 0.6) is 0 Å². The first kappa shape index (κ1) is 9.36. The van der Waals surface area contributed by atoms with Gasteiger partial charge in [0.05, 0.1) is 0 Å². The molecule has 0 aliphatic rings. The van der Waals surface area contributed by atoms with Gasteiger partial charge in [0.15, 0.2) is 0 Å². The summed E-state index contributed by atoms with van der Waals surface area (Å²) in [6, 6.07) is -0.905. The third-order valence-electron chi connectivity index (χ3n) is 1.34. The lowest BCUT2D eigenvalue weighted by Crippen LogP contribution is -2.41. The molecular weight excluding hydrogens is 137 g/mol. The molecule has 0 rings (SSSR count). The van der Waals surface area contributed by atoms with Gasteiger partial charge in [-0.05, 0) is 5.92 Å². The average Bonchev–Trinajstić information content (AvgIpc) is 1.84. The monoisotopic (exact) mass is 149 g/mol. The molecule has 0 heterocycles. The number of carboxylic acids is 1. The van der Waals surface area contributed by atoms with Crippen molar-refractivity contribution in [1.82, 2.24) is 0 Å². The maximum atomic E-state index is 12.4. The Bertz CT molecular complexity index is 127. The van der Waals surface area contributed by atoms with Gasteiger partial charge in [0.25, 0.3) is 0 Å². The fourth-order valence-electron chi connectivity index (χ4n) is 0.503. The Morgan fingerprint density at radius 3 is 2.10 bits per heavy atom. The van der Waals surface area contributed by atoms with Crippen molar-refractivity contribution in [2.24, 2.45) is 11.7 Å². The fourth-order valence-corrected chi connectivity index (χ4v) is 0.503. The number of aliphatic carboxylic acids is 1. The third-order valence-corrected chi connectivity index (χ3v) is 1.34. The number of hydrogen-bond donors (Lipinski definition) is 2. The number of rotatable bonds is 3. The number of halogens is 1. The predicted octanol–water partition coefficient (Wildman–Crippen LogP) is 0.392. The summed E-state index contributed by atoms with van der Waals surface area (Å²) in [5, 5.41) is 8.15. The Morgan fingerprint density at radius 2 is 2.00 bits per heavy atom. The van der Waals surface area contributed by atoms with Crippen molar-refractivity contribution < 1.29 is 14.3 Å². The highest BCUT2D eigenvalue weighted by Gasteiger charge is 2.26. The summed E-state index contributed by atoms with van der Waals surface area (Å²) < 4.78 is 12.4. The van der Waals surface area contributed by atoms with Crippen molar-refractivity contribution in [3.05, 3.63) is 0 Å². The summed E-state index contributed by atoms with van der Waals surface area (Å²) in [5.74, 6) is -1.63. The van der Waals surface area contributed by atoms with Crippen molar-refractivity contribution >= 4 is 5.97 Å². The molecule has 3 nitrogen and oxygen atoms in total. The zero-order chi connectivity index (χ0) is 8.31. The van der Waals surface area contributed by atoms with Crippen LogP contribution in [0.4, 0.5) is 4.39 Å². The van der Waals surface area contributed by atoms with Crippen LogP contribution in [0, 0.1) is 5.92 Å². The third kappa shape index (κ3) is 2.31. The van der Waals surface area contributed by atoms with Crippen molar-refractivity contribution in [3.8, 4) is 0 Å². The number of nitrogens with two attached hydrogens (primary N) is 1. The molecule has 3 N–H and O–H groups in total. The molecule has 2 atom stereocenters. The quantitative estimate of drug-likeness (QED) is 0.610. The highest BCUT2D eigenvalue weighted by Crippen LogP contribution is 2.06. The molecule has 0 radical (unpaired) electrons. The standard InChI is InChI=1S/C6H12FNO2/c1-3(2)5(8)4(7)6(9)10/h3-5H,8H2,1-2H3,(H,9,10). The van der Waals surface area contributed by atoms with Crippen LogP contribution in [-0.4, -0.2) is 23.3 Å². The molecule has 0 spiro atoms. The minimum atomic E-state index is -1.94. The zero-order valence-electron chi connectivity index (χ0n) is 6.04. The van der Waals surface area contributed by atoms with Gasteiger partial charge in [-0.25, -0.2) is 9.18 Å². The zero-order valence-corrected chi connectivity index (χ0v) is 6.04. The van der Waals surface area contributed by atoms with E-state index in [0.717, 1.165) is 0 Å². The van der Waals surface area contributed by atoms with Gasteiger partial charge < -0.3 is 10.8 Å².